The molecule has 1 nitrogen and oxygen atoms in total. The fourth-order valence-corrected chi connectivity index (χ4v) is 11.1. The zero-order valence-corrected chi connectivity index (χ0v) is 34.5. The van der Waals surface area contributed by atoms with Gasteiger partial charge in [-0.25, -0.2) is 0 Å². The lowest BCUT2D eigenvalue weighted by Crippen LogP contribution is -2.10. The highest BCUT2D eigenvalue weighted by Crippen LogP contribution is 2.46. The summed E-state index contributed by atoms with van der Waals surface area (Å²) in [6.07, 6.45) is 0. The van der Waals surface area contributed by atoms with E-state index in [9.17, 15) is 0 Å². The van der Waals surface area contributed by atoms with Gasteiger partial charge < -0.3 is 4.90 Å². The molecule has 0 radical (unpaired) electrons. The third-order valence-electron chi connectivity index (χ3n) is 13.0. The zero-order valence-electron chi connectivity index (χ0n) is 33.7. The lowest BCUT2D eigenvalue weighted by atomic mass is 9.92. The maximum atomic E-state index is 2.48. The fourth-order valence-electron chi connectivity index (χ4n) is 10.0. The molecule has 0 amide bonds. The zero-order chi connectivity index (χ0) is 40.7. The molecule has 0 spiro atoms. The Labute approximate surface area is 363 Å². The Morgan fingerprint density at radius 1 is 0.258 bits per heavy atom. The number of hydrogen-bond acceptors (Lipinski definition) is 2. The lowest BCUT2D eigenvalue weighted by molar-refractivity contribution is 1.31. The molecule has 0 atom stereocenters. The van der Waals surface area contributed by atoms with Crippen molar-refractivity contribution in [1.29, 1.82) is 0 Å². The Hall–Kier alpha value is -7.78. The van der Waals surface area contributed by atoms with Crippen molar-refractivity contribution in [2.24, 2.45) is 0 Å². The second-order valence-electron chi connectivity index (χ2n) is 16.5. The first-order chi connectivity index (χ1) is 30.7. The van der Waals surface area contributed by atoms with Crippen molar-refractivity contribution >= 4 is 113 Å². The molecule has 0 aliphatic rings. The van der Waals surface area contributed by atoms with Crippen LogP contribution in [0.1, 0.15) is 0 Å². The predicted octanol–water partition coefficient (Wildman–Crippen LogP) is 17.8. The molecule has 0 aliphatic carbocycles. The van der Waals surface area contributed by atoms with Crippen molar-refractivity contribution in [2.45, 2.75) is 0 Å². The summed E-state index contributed by atoms with van der Waals surface area (Å²) in [5.41, 5.74) is 8.33. The van der Waals surface area contributed by atoms with Gasteiger partial charge in [-0.05, 0) is 142 Å². The minimum atomic E-state index is 1.12. The minimum absolute atomic E-state index is 1.12. The van der Waals surface area contributed by atoms with Gasteiger partial charge in [-0.1, -0.05) is 164 Å². The van der Waals surface area contributed by atoms with Crippen LogP contribution < -0.4 is 4.90 Å². The van der Waals surface area contributed by atoms with Crippen LogP contribution in [0.25, 0.3) is 107 Å². The largest absolute Gasteiger partial charge is 0.310 e. The van der Waals surface area contributed by atoms with Crippen LogP contribution in [0.4, 0.5) is 17.1 Å². The van der Waals surface area contributed by atoms with Gasteiger partial charge in [0, 0.05) is 36.9 Å². The molecule has 62 heavy (non-hydrogen) atoms. The van der Waals surface area contributed by atoms with E-state index in [1.807, 2.05) is 11.3 Å². The Morgan fingerprint density at radius 2 is 0.855 bits per heavy atom. The number of rotatable bonds is 5. The highest BCUT2D eigenvalue weighted by atomic mass is 32.1. The standard InChI is InChI=1S/C60H37NS/c1-2-14-41-36-60-56(34-40(41)13-1)57-37-46(28-31-59(57)62-60)61(58-30-29-53(51-20-9-10-22-54(51)58)50-23-11-16-39-12-3-5-17-47(39)50)45-27-26-38-24-25-43(32-44(38)33-45)55-35-42-15-4-6-18-48(42)49-19-7-8-21-52(49)55/h1-37H. The van der Waals surface area contributed by atoms with Crippen LogP contribution in [0.15, 0.2) is 224 Å². The molecular formula is C60H37NS. The van der Waals surface area contributed by atoms with Crippen molar-refractivity contribution in [3.63, 3.8) is 0 Å². The smallest absolute Gasteiger partial charge is 0.0540 e. The van der Waals surface area contributed by atoms with Gasteiger partial charge in [0.25, 0.3) is 0 Å². The van der Waals surface area contributed by atoms with E-state index < -0.39 is 0 Å². The highest BCUT2D eigenvalue weighted by Gasteiger charge is 2.20. The molecule has 1 heterocycles. The van der Waals surface area contributed by atoms with E-state index >= 15 is 0 Å². The number of thiophene rings is 1. The lowest BCUT2D eigenvalue weighted by Gasteiger charge is -2.28. The van der Waals surface area contributed by atoms with E-state index in [0.717, 1.165) is 17.1 Å². The summed E-state index contributed by atoms with van der Waals surface area (Å²) in [5, 5.41) is 17.6. The van der Waals surface area contributed by atoms with Crippen LogP contribution in [0.3, 0.4) is 0 Å². The van der Waals surface area contributed by atoms with E-state index in [0.29, 0.717) is 0 Å². The second-order valence-corrected chi connectivity index (χ2v) is 17.5. The molecule has 0 N–H and O–H groups in total. The number of fused-ring (bicyclic) bond motifs is 10. The minimum Gasteiger partial charge on any atom is -0.310 e. The van der Waals surface area contributed by atoms with Crippen LogP contribution in [-0.4, -0.2) is 0 Å². The van der Waals surface area contributed by atoms with Gasteiger partial charge in [-0.3, -0.25) is 0 Å². The molecule has 0 saturated carbocycles. The van der Waals surface area contributed by atoms with Gasteiger partial charge in [0.1, 0.15) is 0 Å². The SMILES string of the molecule is c1ccc2cc3c(cc2c1)sc1ccc(N(c2ccc4ccc(-c5cc6ccccc6c6ccccc56)cc4c2)c2ccc(-c4cccc5ccccc45)c4ccccc24)cc13. The number of nitrogens with zero attached hydrogens (tertiary/aromatic N) is 1. The molecule has 0 fully saturated rings. The topological polar surface area (TPSA) is 3.24 Å². The van der Waals surface area contributed by atoms with E-state index in [1.165, 1.54) is 107 Å². The Morgan fingerprint density at radius 3 is 1.69 bits per heavy atom. The van der Waals surface area contributed by atoms with Crippen molar-refractivity contribution < 1.29 is 0 Å². The average Bonchev–Trinajstić information content (AvgIpc) is 3.69. The van der Waals surface area contributed by atoms with E-state index in [1.54, 1.807) is 0 Å². The monoisotopic (exact) mass is 803 g/mol. The molecule has 13 aromatic rings. The van der Waals surface area contributed by atoms with Crippen molar-refractivity contribution in [1.82, 2.24) is 0 Å². The summed E-state index contributed by atoms with van der Waals surface area (Å²) in [6.45, 7) is 0. The van der Waals surface area contributed by atoms with E-state index in [-0.39, 0.29) is 0 Å². The van der Waals surface area contributed by atoms with Crippen LogP contribution in [0, 0.1) is 0 Å². The second kappa shape index (κ2) is 13.9. The van der Waals surface area contributed by atoms with Gasteiger partial charge in [0.2, 0.25) is 0 Å². The van der Waals surface area contributed by atoms with E-state index in [2.05, 4.69) is 229 Å². The van der Waals surface area contributed by atoms with Crippen LogP contribution in [0.5, 0.6) is 0 Å². The average molecular weight is 804 g/mol. The molecule has 0 bridgehead atoms. The Kier molecular flexibility index (Phi) is 7.85. The quantitative estimate of drug-likeness (QED) is 0.157. The van der Waals surface area contributed by atoms with Crippen molar-refractivity contribution in [3.05, 3.63) is 224 Å². The maximum absolute atomic E-state index is 2.48. The number of hydrogen-bond donors (Lipinski definition) is 0. The molecule has 12 aromatic carbocycles. The number of benzene rings is 12. The molecule has 13 rings (SSSR count). The first kappa shape index (κ1) is 35.0. The molecule has 288 valence electrons. The highest BCUT2D eigenvalue weighted by molar-refractivity contribution is 7.25. The molecular weight excluding hydrogens is 767 g/mol. The molecule has 0 saturated heterocycles. The van der Waals surface area contributed by atoms with Gasteiger partial charge in [0.15, 0.2) is 0 Å². The van der Waals surface area contributed by atoms with Crippen LogP contribution in [-0.2, 0) is 0 Å². The predicted molar refractivity (Wildman–Crippen MR) is 270 cm³/mol. The van der Waals surface area contributed by atoms with Crippen LogP contribution >= 0.6 is 11.3 Å². The van der Waals surface area contributed by atoms with Crippen molar-refractivity contribution in [3.8, 4) is 22.3 Å². The molecule has 0 unspecified atom stereocenters. The van der Waals surface area contributed by atoms with E-state index in [4.69, 9.17) is 0 Å². The third-order valence-corrected chi connectivity index (χ3v) is 14.1. The number of anilines is 3. The molecule has 0 aliphatic heterocycles. The Balaban J connectivity index is 1.04. The summed E-state index contributed by atoms with van der Waals surface area (Å²) < 4.78 is 2.60. The third kappa shape index (κ3) is 5.54. The summed E-state index contributed by atoms with van der Waals surface area (Å²) in [7, 11) is 0. The summed E-state index contributed by atoms with van der Waals surface area (Å²) in [6, 6.07) is 83.3. The van der Waals surface area contributed by atoms with Gasteiger partial charge in [-0.15, -0.1) is 11.3 Å². The summed E-state index contributed by atoms with van der Waals surface area (Å²) in [5.74, 6) is 0. The van der Waals surface area contributed by atoms with Crippen molar-refractivity contribution in [2.75, 3.05) is 4.90 Å². The van der Waals surface area contributed by atoms with Gasteiger partial charge in [0.05, 0.1) is 5.69 Å². The normalized spacial score (nSPS) is 11.9. The van der Waals surface area contributed by atoms with Gasteiger partial charge in [-0.2, -0.15) is 0 Å². The molecule has 2 heteroatoms. The summed E-state index contributed by atoms with van der Waals surface area (Å²) in [4.78, 5) is 2.48. The first-order valence-corrected chi connectivity index (χ1v) is 22.1. The Bertz CT molecular complexity index is 3940. The maximum Gasteiger partial charge on any atom is 0.0540 e. The first-order valence-electron chi connectivity index (χ1n) is 21.3. The summed E-state index contributed by atoms with van der Waals surface area (Å²) >= 11 is 1.88. The van der Waals surface area contributed by atoms with Crippen LogP contribution in [0.2, 0.25) is 0 Å². The molecule has 1 aromatic heterocycles. The fraction of sp³-hybridized carbons (Fsp3) is 0. The van der Waals surface area contributed by atoms with Gasteiger partial charge >= 0.3 is 0 Å².